The summed E-state index contributed by atoms with van der Waals surface area (Å²) >= 11 is 0. The summed E-state index contributed by atoms with van der Waals surface area (Å²) in [5, 5.41) is 0. The molecule has 0 radical (unpaired) electrons. The molecule has 1 atom stereocenters. The van der Waals surface area contributed by atoms with E-state index in [9.17, 15) is 57.1 Å². The quantitative estimate of drug-likeness (QED) is 0.636. The molecule has 0 aliphatic rings. The first-order chi connectivity index (χ1) is 9.41. The summed E-state index contributed by atoms with van der Waals surface area (Å²) in [6.45, 7) is 0. The fourth-order valence-electron chi connectivity index (χ4n) is 1.05. The number of hydrogen-bond donors (Lipinski definition) is 0. The van der Waals surface area contributed by atoms with Gasteiger partial charge in [0.05, 0.1) is 0 Å². The molecule has 22 heavy (non-hydrogen) atoms. The van der Waals surface area contributed by atoms with Gasteiger partial charge in [-0.3, -0.25) is 0 Å². The standard InChI is InChI=1S/C8H3F13O/c1-22-4(12,2(9)3(10)11)5(13,14)6(15,16)7(17,18)8(19,20)21/h1H3. The van der Waals surface area contributed by atoms with Crippen LogP contribution in [0.2, 0.25) is 0 Å². The minimum Gasteiger partial charge on any atom is -0.339 e. The number of ether oxygens (including phenoxy) is 1. The smallest absolute Gasteiger partial charge is 0.339 e. The Morgan fingerprint density at radius 1 is 0.636 bits per heavy atom. The molecule has 0 aromatic heterocycles. The maximum atomic E-state index is 13.3. The van der Waals surface area contributed by atoms with Crippen molar-refractivity contribution < 1.29 is 61.8 Å². The van der Waals surface area contributed by atoms with E-state index in [2.05, 4.69) is 4.74 Å². The first kappa shape index (κ1) is 20.8. The molecule has 14 heteroatoms. The van der Waals surface area contributed by atoms with E-state index >= 15 is 0 Å². The van der Waals surface area contributed by atoms with Gasteiger partial charge in [-0.05, 0) is 0 Å². The number of hydrogen-bond acceptors (Lipinski definition) is 1. The van der Waals surface area contributed by atoms with Crippen LogP contribution in [0, 0.1) is 0 Å². The number of rotatable bonds is 5. The Hall–Kier alpha value is -1.21. The summed E-state index contributed by atoms with van der Waals surface area (Å²) < 4.78 is 164. The lowest BCUT2D eigenvalue weighted by atomic mass is 9.96. The molecule has 0 spiro atoms. The van der Waals surface area contributed by atoms with Gasteiger partial charge in [0.25, 0.3) is 0 Å². The molecule has 0 N–H and O–H groups in total. The molecule has 132 valence electrons. The lowest BCUT2D eigenvalue weighted by Gasteiger charge is -2.38. The lowest BCUT2D eigenvalue weighted by molar-refractivity contribution is -0.428. The maximum Gasteiger partial charge on any atom is 0.460 e. The third-order valence-corrected chi connectivity index (χ3v) is 2.28. The summed E-state index contributed by atoms with van der Waals surface area (Å²) in [5.41, 5.74) is 0. The summed E-state index contributed by atoms with van der Waals surface area (Å²) in [5.74, 6) is -33.0. The van der Waals surface area contributed by atoms with E-state index in [0.717, 1.165) is 0 Å². The second kappa shape index (κ2) is 5.45. The molecule has 0 aliphatic carbocycles. The van der Waals surface area contributed by atoms with Crippen molar-refractivity contribution in [3.8, 4) is 0 Å². The highest BCUT2D eigenvalue weighted by Gasteiger charge is 2.88. The van der Waals surface area contributed by atoms with Gasteiger partial charge >= 0.3 is 35.9 Å². The van der Waals surface area contributed by atoms with Gasteiger partial charge in [0, 0.05) is 7.11 Å². The molecule has 0 saturated heterocycles. The van der Waals surface area contributed by atoms with E-state index in [-0.39, 0.29) is 0 Å². The van der Waals surface area contributed by atoms with Crippen molar-refractivity contribution in [3.63, 3.8) is 0 Å². The van der Waals surface area contributed by atoms with Crippen LogP contribution in [0.3, 0.4) is 0 Å². The molecule has 0 saturated carbocycles. The topological polar surface area (TPSA) is 9.23 Å². The molecule has 0 heterocycles. The molecule has 0 aromatic carbocycles. The van der Waals surface area contributed by atoms with Crippen LogP contribution in [-0.4, -0.2) is 36.9 Å². The highest BCUT2D eigenvalue weighted by molar-refractivity contribution is 5.18. The van der Waals surface area contributed by atoms with E-state index in [1.165, 1.54) is 0 Å². The summed E-state index contributed by atoms with van der Waals surface area (Å²) in [6.07, 6.45) is -11.4. The largest absolute Gasteiger partial charge is 0.460 e. The van der Waals surface area contributed by atoms with Gasteiger partial charge in [0.1, 0.15) is 0 Å². The number of halogens is 13. The van der Waals surface area contributed by atoms with E-state index in [4.69, 9.17) is 0 Å². The minimum atomic E-state index is -7.67. The summed E-state index contributed by atoms with van der Waals surface area (Å²) in [4.78, 5) is 0. The average Bonchev–Trinajstić information content (AvgIpc) is 2.34. The van der Waals surface area contributed by atoms with Gasteiger partial charge in [-0.15, -0.1) is 0 Å². The Kier molecular flexibility index (Phi) is 5.15. The molecule has 0 aliphatic heterocycles. The zero-order chi connectivity index (χ0) is 18.4. The van der Waals surface area contributed by atoms with Crippen molar-refractivity contribution in [3.05, 3.63) is 11.9 Å². The molecule has 0 aromatic rings. The Labute approximate surface area is 112 Å². The van der Waals surface area contributed by atoms with Crippen molar-refractivity contribution in [2.24, 2.45) is 0 Å². The average molecular weight is 362 g/mol. The second-order valence-electron chi connectivity index (χ2n) is 3.59. The van der Waals surface area contributed by atoms with Gasteiger partial charge in [-0.1, -0.05) is 0 Å². The molecule has 0 rings (SSSR count). The third-order valence-electron chi connectivity index (χ3n) is 2.28. The van der Waals surface area contributed by atoms with Crippen molar-refractivity contribution in [1.29, 1.82) is 0 Å². The van der Waals surface area contributed by atoms with Crippen molar-refractivity contribution in [2.75, 3.05) is 7.11 Å². The lowest BCUT2D eigenvalue weighted by Crippen LogP contribution is -2.68. The van der Waals surface area contributed by atoms with Crippen LogP contribution in [0.25, 0.3) is 0 Å². The number of methoxy groups -OCH3 is 1. The van der Waals surface area contributed by atoms with E-state index < -0.39 is 48.8 Å². The Morgan fingerprint density at radius 2 is 1.00 bits per heavy atom. The van der Waals surface area contributed by atoms with Gasteiger partial charge < -0.3 is 4.74 Å². The van der Waals surface area contributed by atoms with Crippen molar-refractivity contribution in [1.82, 2.24) is 0 Å². The van der Waals surface area contributed by atoms with Crippen LogP contribution in [0.5, 0.6) is 0 Å². The predicted octanol–water partition coefficient (Wildman–Crippen LogP) is 4.84. The minimum absolute atomic E-state index is 0.432. The SMILES string of the molecule is COC(F)(C(F)=C(F)F)C(F)(F)C(F)(F)C(F)(F)C(F)(F)F. The van der Waals surface area contributed by atoms with Gasteiger partial charge in [-0.2, -0.15) is 57.1 Å². The normalized spacial score (nSPS) is 17.2. The fraction of sp³-hybridized carbons (Fsp3) is 0.750. The van der Waals surface area contributed by atoms with Gasteiger partial charge in [0.2, 0.25) is 5.83 Å². The van der Waals surface area contributed by atoms with Crippen LogP contribution in [0.15, 0.2) is 11.9 Å². The van der Waals surface area contributed by atoms with Crippen molar-refractivity contribution >= 4 is 0 Å². The van der Waals surface area contributed by atoms with E-state index in [1.54, 1.807) is 0 Å². The highest BCUT2D eigenvalue weighted by atomic mass is 19.4. The van der Waals surface area contributed by atoms with Crippen LogP contribution >= 0.6 is 0 Å². The third kappa shape index (κ3) is 2.60. The molecule has 1 nitrogen and oxygen atoms in total. The molecule has 0 amide bonds. The van der Waals surface area contributed by atoms with E-state index in [1.807, 2.05) is 0 Å². The van der Waals surface area contributed by atoms with Gasteiger partial charge in [-0.25, -0.2) is 0 Å². The molecule has 1 unspecified atom stereocenters. The molecule has 0 fully saturated rings. The fourth-order valence-corrected chi connectivity index (χ4v) is 1.05. The summed E-state index contributed by atoms with van der Waals surface area (Å²) in [6, 6.07) is 0. The van der Waals surface area contributed by atoms with E-state index in [0.29, 0.717) is 0 Å². The molecular weight excluding hydrogens is 359 g/mol. The zero-order valence-electron chi connectivity index (χ0n) is 9.82. The number of alkyl halides is 10. The Balaban J connectivity index is 6.38. The zero-order valence-corrected chi connectivity index (χ0v) is 9.82. The molecular formula is C8H3F13O. The first-order valence-electron chi connectivity index (χ1n) is 4.57. The maximum absolute atomic E-state index is 13.3. The second-order valence-corrected chi connectivity index (χ2v) is 3.59. The highest BCUT2D eigenvalue weighted by Crippen LogP contribution is 2.58. The monoisotopic (exact) mass is 362 g/mol. The van der Waals surface area contributed by atoms with Crippen LogP contribution in [0.4, 0.5) is 57.1 Å². The van der Waals surface area contributed by atoms with Crippen molar-refractivity contribution in [2.45, 2.75) is 29.8 Å². The van der Waals surface area contributed by atoms with Crippen LogP contribution in [-0.2, 0) is 4.74 Å². The summed E-state index contributed by atoms with van der Waals surface area (Å²) in [7, 11) is -0.432. The molecule has 0 bridgehead atoms. The van der Waals surface area contributed by atoms with Crippen LogP contribution < -0.4 is 0 Å². The first-order valence-corrected chi connectivity index (χ1v) is 4.57. The van der Waals surface area contributed by atoms with Gasteiger partial charge in [0.15, 0.2) is 0 Å². The Morgan fingerprint density at radius 3 is 1.23 bits per heavy atom. The van der Waals surface area contributed by atoms with Crippen LogP contribution in [0.1, 0.15) is 0 Å². The Bertz CT molecular complexity index is 445. The predicted molar refractivity (Wildman–Crippen MR) is 42.1 cm³/mol.